The third-order valence-electron chi connectivity index (χ3n) is 7.44. The van der Waals surface area contributed by atoms with Crippen LogP contribution < -0.4 is 0 Å². The largest absolute Gasteiger partial charge is 0.460 e. The molecular formula is C17H22N4O4. The molecule has 8 heteroatoms. The zero-order valence-electron chi connectivity index (χ0n) is 14.3. The fourth-order valence-electron chi connectivity index (χ4n) is 6.38. The second-order valence-electron chi connectivity index (χ2n) is 8.49. The molecule has 0 bridgehead atoms. The summed E-state index contributed by atoms with van der Waals surface area (Å²) in [7, 11) is 0. The van der Waals surface area contributed by atoms with E-state index in [0.717, 1.165) is 0 Å². The summed E-state index contributed by atoms with van der Waals surface area (Å²) in [6.45, 7) is 4.92. The zero-order valence-corrected chi connectivity index (χ0v) is 14.3. The van der Waals surface area contributed by atoms with Gasteiger partial charge in [-0.25, -0.2) is 4.79 Å². The van der Waals surface area contributed by atoms with Gasteiger partial charge in [0, 0.05) is 12.3 Å². The second-order valence-corrected chi connectivity index (χ2v) is 8.49. The molecule has 1 N–H and O–H groups in total. The summed E-state index contributed by atoms with van der Waals surface area (Å²) in [6, 6.07) is -0.456. The summed E-state index contributed by atoms with van der Waals surface area (Å²) in [5.41, 5.74) is -2.08. The van der Waals surface area contributed by atoms with Crippen molar-refractivity contribution >= 4 is 11.8 Å². The highest BCUT2D eigenvalue weighted by Crippen LogP contribution is 2.60. The first-order chi connectivity index (χ1) is 11.9. The second kappa shape index (κ2) is 4.72. The smallest absolute Gasteiger partial charge is 0.336 e. The lowest BCUT2D eigenvalue weighted by atomic mass is 9.64. The zero-order chi connectivity index (χ0) is 17.6. The fraction of sp³-hybridized carbons (Fsp3) is 0.882. The van der Waals surface area contributed by atoms with E-state index in [2.05, 4.69) is 27.4 Å². The van der Waals surface area contributed by atoms with Crippen molar-refractivity contribution in [1.82, 2.24) is 0 Å². The molecule has 2 saturated carbocycles. The van der Waals surface area contributed by atoms with E-state index in [1.165, 1.54) is 0 Å². The molecule has 134 valence electrons. The van der Waals surface area contributed by atoms with Gasteiger partial charge in [0.25, 0.3) is 0 Å². The van der Waals surface area contributed by atoms with Crippen LogP contribution in [0.25, 0.3) is 0 Å². The van der Waals surface area contributed by atoms with Crippen LogP contribution in [0.5, 0.6) is 0 Å². The van der Waals surface area contributed by atoms with E-state index < -0.39 is 41.1 Å². The van der Waals surface area contributed by atoms with Gasteiger partial charge in [-0.15, -0.1) is 0 Å². The van der Waals surface area contributed by atoms with Crippen molar-refractivity contribution in [1.29, 1.82) is 0 Å². The van der Waals surface area contributed by atoms with Crippen LogP contribution in [-0.2, 0) is 14.3 Å². The molecule has 8 nitrogen and oxygen atoms in total. The Morgan fingerprint density at radius 1 is 1.24 bits per heavy atom. The lowest BCUT2D eigenvalue weighted by molar-refractivity contribution is -0.146. The molecule has 9 atom stereocenters. The molecular weight excluding hydrogens is 324 g/mol. The number of aliphatic hydroxyl groups is 1. The predicted octanol–water partition coefficient (Wildman–Crippen LogP) is 1.18. The van der Waals surface area contributed by atoms with Crippen molar-refractivity contribution in [2.75, 3.05) is 13.1 Å². The molecule has 3 aliphatic heterocycles. The van der Waals surface area contributed by atoms with E-state index in [9.17, 15) is 14.7 Å². The van der Waals surface area contributed by atoms with Gasteiger partial charge in [-0.1, -0.05) is 6.92 Å². The topological polar surface area (TPSA) is 113 Å². The first kappa shape index (κ1) is 15.5. The number of carbonyl (C=O) groups is 2. The van der Waals surface area contributed by atoms with Crippen LogP contribution in [-0.4, -0.2) is 53.7 Å². The van der Waals surface area contributed by atoms with Crippen molar-refractivity contribution < 1.29 is 19.4 Å². The minimum absolute atomic E-state index is 0.0188. The minimum Gasteiger partial charge on any atom is -0.460 e. The van der Waals surface area contributed by atoms with Gasteiger partial charge in [-0.05, 0) is 25.2 Å². The van der Waals surface area contributed by atoms with Gasteiger partial charge < -0.3 is 9.84 Å². The summed E-state index contributed by atoms with van der Waals surface area (Å²) >= 11 is 0. The average molecular weight is 346 g/mol. The van der Waals surface area contributed by atoms with E-state index >= 15 is 0 Å². The van der Waals surface area contributed by atoms with Crippen LogP contribution in [0.4, 0.5) is 0 Å². The number of carbonyl (C=O) groups excluding carboxylic acids is 2. The molecule has 0 aromatic heterocycles. The molecule has 3 fully saturated rings. The van der Waals surface area contributed by atoms with Crippen molar-refractivity contribution in [3.63, 3.8) is 0 Å². The molecule has 2 aliphatic carbocycles. The molecule has 5 aliphatic rings. The molecule has 0 radical (unpaired) electrons. The van der Waals surface area contributed by atoms with Gasteiger partial charge in [0.1, 0.15) is 12.1 Å². The molecule has 1 saturated heterocycles. The van der Waals surface area contributed by atoms with E-state index in [1.54, 1.807) is 0 Å². The Kier molecular flexibility index (Phi) is 2.93. The van der Waals surface area contributed by atoms with Crippen molar-refractivity contribution in [2.45, 2.75) is 50.5 Å². The Balaban J connectivity index is 1.65. The molecule has 5 rings (SSSR count). The Morgan fingerprint density at radius 3 is 2.76 bits per heavy atom. The number of fused-ring (bicyclic) bond motifs is 5. The number of Topliss-reactive ketones (excluding diaryl/α,β-unsaturated/α-hetero) is 1. The van der Waals surface area contributed by atoms with Gasteiger partial charge in [-0.3, -0.25) is 4.79 Å². The Hall–Kier alpha value is -1.70. The number of nitrogens with zero attached hydrogens (tertiary/aromatic N) is 4. The quantitative estimate of drug-likeness (QED) is 0.663. The molecule has 0 aromatic carbocycles. The molecule has 3 heterocycles. The number of ether oxygens (including phenoxy) is 1. The van der Waals surface area contributed by atoms with E-state index in [4.69, 9.17) is 4.74 Å². The van der Waals surface area contributed by atoms with Gasteiger partial charge in [0.2, 0.25) is 0 Å². The highest BCUT2D eigenvalue weighted by Gasteiger charge is 2.72. The van der Waals surface area contributed by atoms with Crippen LogP contribution in [0.3, 0.4) is 0 Å². The number of esters is 1. The Labute approximate surface area is 145 Å². The third kappa shape index (κ3) is 1.62. The normalized spacial score (nSPS) is 56.0. The highest BCUT2D eigenvalue weighted by atomic mass is 16.6. The van der Waals surface area contributed by atoms with Crippen molar-refractivity contribution in [3.8, 4) is 0 Å². The lowest BCUT2D eigenvalue weighted by Gasteiger charge is -2.40. The van der Waals surface area contributed by atoms with E-state index in [0.29, 0.717) is 25.9 Å². The van der Waals surface area contributed by atoms with Crippen molar-refractivity contribution in [2.24, 2.45) is 49.5 Å². The van der Waals surface area contributed by atoms with Gasteiger partial charge in [0.05, 0.1) is 30.5 Å². The molecule has 0 aromatic rings. The summed E-state index contributed by atoms with van der Waals surface area (Å²) < 4.78 is 5.67. The summed E-state index contributed by atoms with van der Waals surface area (Å²) in [4.78, 5) is 25.8. The molecule has 25 heavy (non-hydrogen) atoms. The first-order valence-corrected chi connectivity index (χ1v) is 9.10. The molecule has 1 spiro atoms. The molecule has 0 amide bonds. The van der Waals surface area contributed by atoms with Gasteiger partial charge in [-0.2, -0.15) is 20.5 Å². The highest BCUT2D eigenvalue weighted by molar-refractivity contribution is 5.94. The number of hydrogen-bond acceptors (Lipinski definition) is 8. The maximum absolute atomic E-state index is 13.2. The maximum atomic E-state index is 13.2. The van der Waals surface area contributed by atoms with Crippen molar-refractivity contribution in [3.05, 3.63) is 0 Å². The first-order valence-electron chi connectivity index (χ1n) is 9.10. The van der Waals surface area contributed by atoms with Crippen LogP contribution in [0.2, 0.25) is 0 Å². The molecule has 0 unspecified atom stereocenters. The van der Waals surface area contributed by atoms with Crippen LogP contribution in [0.15, 0.2) is 20.5 Å². The number of ketones is 1. The van der Waals surface area contributed by atoms with Gasteiger partial charge in [0.15, 0.2) is 11.3 Å². The van der Waals surface area contributed by atoms with Gasteiger partial charge >= 0.3 is 5.97 Å². The van der Waals surface area contributed by atoms with Crippen LogP contribution in [0, 0.1) is 29.1 Å². The fourth-order valence-corrected chi connectivity index (χ4v) is 6.38. The standard InChI is InChI=1S/C17H22N4O4/c1-7-5-9-11(17(15(24)25-9)3-4-18-21-17)13(22)16(2)10(7)8-6-19-20-12(8)14(16)23/h7-13,22H,3-6H2,1-2H3/t7-,8+,9-,10-,11-,12+,13+,16-,17+/m1/s1. The van der Waals surface area contributed by atoms with Crippen LogP contribution in [0.1, 0.15) is 26.7 Å². The van der Waals surface area contributed by atoms with E-state index in [1.807, 2.05) is 6.92 Å². The summed E-state index contributed by atoms with van der Waals surface area (Å²) in [5.74, 6) is -0.829. The Morgan fingerprint density at radius 2 is 2.04 bits per heavy atom. The average Bonchev–Trinajstić information content (AvgIpc) is 3.29. The number of hydrogen-bond donors (Lipinski definition) is 1. The predicted molar refractivity (Wildman–Crippen MR) is 83.8 cm³/mol. The number of aliphatic hydroxyl groups excluding tert-OH is 1. The Bertz CT molecular complexity index is 723. The lowest BCUT2D eigenvalue weighted by Crippen LogP contribution is -2.54. The minimum atomic E-state index is -1.12. The van der Waals surface area contributed by atoms with Crippen LogP contribution >= 0.6 is 0 Å². The number of rotatable bonds is 0. The monoisotopic (exact) mass is 346 g/mol. The summed E-state index contributed by atoms with van der Waals surface area (Å²) in [6.07, 6.45) is -0.343. The van der Waals surface area contributed by atoms with E-state index in [-0.39, 0.29) is 23.5 Å². The third-order valence-corrected chi connectivity index (χ3v) is 7.44. The number of azo groups is 2. The SMILES string of the molecule is C[C@@H]1C[C@H]2OC(=O)[C@]3(CCN=N3)[C@H]2[C@H](O)[C@]2(C)C(=O)[C@H]3N=NC[C@H]3[C@@H]12. The summed E-state index contributed by atoms with van der Waals surface area (Å²) in [5, 5.41) is 28.0. The maximum Gasteiger partial charge on any atom is 0.336 e.